The van der Waals surface area contributed by atoms with Crippen molar-refractivity contribution in [2.45, 2.75) is 0 Å². The molecule has 0 atom stereocenters. The molecule has 0 rings (SSSR count). The maximum absolute atomic E-state index is 9.10. The molecule has 0 amide bonds. The second-order valence-corrected chi connectivity index (χ2v) is 1.77. The third-order valence-electron chi connectivity index (χ3n) is 0. The van der Waals surface area contributed by atoms with Crippen LogP contribution in [0.25, 0.3) is 0 Å². The number of nitrogens with two attached hydrogens (primary N) is 1. The van der Waals surface area contributed by atoms with Crippen LogP contribution in [0, 0.1) is 0 Å². The van der Waals surface area contributed by atoms with Gasteiger partial charge in [0.2, 0.25) is 0 Å². The zero-order valence-corrected chi connectivity index (χ0v) is 3.22. The van der Waals surface area contributed by atoms with Gasteiger partial charge in [0.15, 0.2) is 0 Å². The summed E-state index contributed by atoms with van der Waals surface area (Å²) in [5.74, 6) is 0. The summed E-state index contributed by atoms with van der Waals surface area (Å²) in [6, 6.07) is 0. The fourth-order valence-corrected chi connectivity index (χ4v) is 0. The van der Waals surface area contributed by atoms with Crippen LogP contribution in [-0.4, -0.2) is 39.3 Å². The van der Waals surface area contributed by atoms with Gasteiger partial charge in [-0.2, -0.15) is 0 Å². The van der Waals surface area contributed by atoms with Crippen LogP contribution in [0.3, 0.4) is 0 Å². The van der Waals surface area contributed by atoms with E-state index >= 15 is 0 Å². The Bertz CT molecular complexity index is 56.9. The first-order valence-corrected chi connectivity index (χ1v) is 2.52. The van der Waals surface area contributed by atoms with Gasteiger partial charge in [0.1, 0.15) is 0 Å². The molecule has 0 spiro atoms. The first-order valence-electron chi connectivity index (χ1n) is 0.841. The Balaban J connectivity index is 0. The normalized spacial score (nSPS) is 9.83. The Kier molecular flexibility index (Phi) is 5.35. The van der Waals surface area contributed by atoms with Crippen molar-refractivity contribution in [2.75, 3.05) is 0 Å². The molecule has 34 valence electrons. The molecule has 6 heteroatoms. The minimum atomic E-state index is -4.14. The van der Waals surface area contributed by atoms with Crippen LogP contribution in [0.5, 0.6) is 0 Å². The molecule has 0 unspecified atom stereocenters. The monoisotopic (exact) mass is 121 g/mol. The summed E-state index contributed by atoms with van der Waals surface area (Å²) in [5.41, 5.74) is 4.02. The summed E-state index contributed by atoms with van der Waals surface area (Å²) in [6.07, 6.45) is 0. The zero-order valence-electron chi connectivity index (χ0n) is 2.33. The van der Waals surface area contributed by atoms with Gasteiger partial charge < -0.3 is 9.79 Å². The van der Waals surface area contributed by atoms with Crippen LogP contribution in [0.2, 0.25) is 0 Å². The third-order valence-corrected chi connectivity index (χ3v) is 0. The minimum absolute atomic E-state index is 0. The first kappa shape index (κ1) is 10.2. The second-order valence-electron chi connectivity index (χ2n) is 0.589. The van der Waals surface area contributed by atoms with Gasteiger partial charge in [0, 0.05) is 0 Å². The van der Waals surface area contributed by atoms with Gasteiger partial charge in [-0.3, -0.25) is 0 Å². The van der Waals surface area contributed by atoms with Crippen molar-refractivity contribution >= 4 is 37.3 Å². The van der Waals surface area contributed by atoms with E-state index in [2.05, 4.69) is 5.50 Å². The molecule has 0 heterocycles. The number of rotatable bonds is 0. The van der Waals surface area contributed by atoms with E-state index in [1.807, 2.05) is 0 Å². The van der Waals surface area contributed by atoms with Gasteiger partial charge in [0.05, 0.1) is 0 Å². The summed E-state index contributed by atoms with van der Waals surface area (Å²) in [7, 11) is -4.14. The Morgan fingerprint density at radius 1 is 1.50 bits per heavy atom. The van der Waals surface area contributed by atoms with Crippen molar-refractivity contribution in [1.82, 2.24) is 0 Å². The Hall–Kier alpha value is 1.11. The van der Waals surface area contributed by atoms with Crippen molar-refractivity contribution in [3.8, 4) is 0 Å². The molecule has 0 aromatic heterocycles. The molecule has 0 radical (unpaired) electrons. The molecule has 0 aromatic carbocycles. The van der Waals surface area contributed by atoms with Crippen LogP contribution < -0.4 is 5.50 Å². The molecule has 6 heavy (non-hydrogen) atoms. The van der Waals surface area contributed by atoms with E-state index in [9.17, 15) is 0 Å². The van der Waals surface area contributed by atoms with Crippen LogP contribution in [0.4, 0.5) is 0 Å². The molecule has 0 aliphatic rings. The molecule has 0 aromatic rings. The van der Waals surface area contributed by atoms with E-state index in [0.717, 1.165) is 0 Å². The molecule has 0 saturated heterocycles. The van der Waals surface area contributed by atoms with Gasteiger partial charge in [-0.15, -0.1) is 0 Å². The van der Waals surface area contributed by atoms with Crippen molar-refractivity contribution in [1.29, 1.82) is 0 Å². The topological polar surface area (TPSA) is 83.6 Å². The van der Waals surface area contributed by atoms with Crippen LogP contribution in [-0.2, 0) is 4.57 Å². The molecule has 4 N–H and O–H groups in total. The average molecular weight is 121 g/mol. The van der Waals surface area contributed by atoms with E-state index in [0.29, 0.717) is 0 Å². The summed E-state index contributed by atoms with van der Waals surface area (Å²) in [6.45, 7) is 0. The fraction of sp³-hybridized carbons (Fsp3) is 0. The Labute approximate surface area is 57.2 Å². The predicted octanol–water partition coefficient (Wildman–Crippen LogP) is -1.61. The van der Waals surface area contributed by atoms with Crippen molar-refractivity contribution < 1.29 is 14.4 Å². The van der Waals surface area contributed by atoms with Gasteiger partial charge in [-0.25, -0.2) is 10.1 Å². The summed E-state index contributed by atoms with van der Waals surface area (Å²) >= 11 is 0. The quantitative estimate of drug-likeness (QED) is 0.266. The van der Waals surface area contributed by atoms with Crippen LogP contribution >= 0.6 is 7.75 Å². The summed E-state index contributed by atoms with van der Waals surface area (Å²) < 4.78 is 9.10. The number of hydrogen-bond acceptors (Lipinski definition) is 1. The van der Waals surface area contributed by atoms with Crippen molar-refractivity contribution in [3.63, 3.8) is 0 Å². The van der Waals surface area contributed by atoms with E-state index in [4.69, 9.17) is 14.4 Å². The average Bonchev–Trinajstić information content (AvgIpc) is 0.722. The second kappa shape index (κ2) is 3.16. The zero-order chi connectivity index (χ0) is 4.50. The fourth-order valence-electron chi connectivity index (χ4n) is 0. The predicted molar refractivity (Wildman–Crippen MR) is 23.4 cm³/mol. The van der Waals surface area contributed by atoms with Gasteiger partial charge in [-0.1, -0.05) is 0 Å². The molecular weight excluding hydrogens is 116 g/mol. The van der Waals surface area contributed by atoms with E-state index in [1.54, 1.807) is 0 Å². The molecule has 0 saturated carbocycles. The summed E-state index contributed by atoms with van der Waals surface area (Å²) in [4.78, 5) is 14.8. The van der Waals surface area contributed by atoms with Crippen molar-refractivity contribution in [2.24, 2.45) is 5.50 Å². The molecular formula is H5NNaO3P. The molecule has 4 nitrogen and oxygen atoms in total. The van der Waals surface area contributed by atoms with Crippen LogP contribution in [0.15, 0.2) is 0 Å². The van der Waals surface area contributed by atoms with Gasteiger partial charge in [0.25, 0.3) is 0 Å². The van der Waals surface area contributed by atoms with Gasteiger partial charge >= 0.3 is 37.3 Å². The van der Waals surface area contributed by atoms with Crippen molar-refractivity contribution in [3.05, 3.63) is 0 Å². The Morgan fingerprint density at radius 2 is 1.50 bits per heavy atom. The first-order chi connectivity index (χ1) is 2.00. The third kappa shape index (κ3) is 70.1. The molecule has 0 bridgehead atoms. The SMILES string of the molecule is NP(=O)(O)O.[NaH]. The van der Waals surface area contributed by atoms with Gasteiger partial charge in [-0.05, 0) is 0 Å². The summed E-state index contributed by atoms with van der Waals surface area (Å²) in [5, 5.41) is 0. The van der Waals surface area contributed by atoms with Crippen LogP contribution in [0.1, 0.15) is 0 Å². The standard InChI is InChI=1S/H4NO3P.Na.H/c1-5(2,3)4;;/h(H4,1,2,3,4);;. The molecule has 0 aliphatic carbocycles. The molecule has 0 aliphatic heterocycles. The van der Waals surface area contributed by atoms with E-state index in [-0.39, 0.29) is 29.6 Å². The van der Waals surface area contributed by atoms with E-state index < -0.39 is 7.75 Å². The number of hydrogen-bond donors (Lipinski definition) is 3. The Morgan fingerprint density at radius 3 is 1.50 bits per heavy atom. The maximum atomic E-state index is 9.10. The molecule has 0 fully saturated rings. The van der Waals surface area contributed by atoms with E-state index in [1.165, 1.54) is 0 Å².